The minimum atomic E-state index is -0.212. The molecule has 1 heterocycles. The van der Waals surface area contributed by atoms with E-state index in [1.807, 2.05) is 55.5 Å². The Morgan fingerprint density at radius 2 is 1.74 bits per heavy atom. The predicted molar refractivity (Wildman–Crippen MR) is 142 cm³/mol. The van der Waals surface area contributed by atoms with E-state index in [1.54, 1.807) is 10.7 Å². The van der Waals surface area contributed by atoms with Crippen molar-refractivity contribution in [2.75, 3.05) is 11.9 Å². The number of benzene rings is 3. The summed E-state index contributed by atoms with van der Waals surface area (Å²) in [5.41, 5.74) is 11.9. The summed E-state index contributed by atoms with van der Waals surface area (Å²) in [5, 5.41) is 11.3. The van der Waals surface area contributed by atoms with Crippen LogP contribution in [0.3, 0.4) is 0 Å². The third-order valence-electron chi connectivity index (χ3n) is 5.94. The standard InChI is InChI=1S/C29H33N5O/c1-3-4-16-31-28(23-11-6-5-7-12-23)24-13-9-14-25(19-24)32-29(35)27-17-21(2)33-34(27)26-15-8-10-22(18-26)20-30/h5-15,17-19,28,31H,3-4,16,20,30H2,1-2H3,(H,32,35). The van der Waals surface area contributed by atoms with Gasteiger partial charge in [-0.05, 0) is 66.9 Å². The molecule has 4 rings (SSSR count). The molecule has 0 spiro atoms. The molecule has 3 aromatic carbocycles. The van der Waals surface area contributed by atoms with Crippen LogP contribution in [0.25, 0.3) is 5.69 Å². The molecule has 35 heavy (non-hydrogen) atoms. The van der Waals surface area contributed by atoms with Crippen molar-refractivity contribution < 1.29 is 4.79 Å². The minimum absolute atomic E-state index is 0.0476. The quantitative estimate of drug-likeness (QED) is 0.274. The van der Waals surface area contributed by atoms with Gasteiger partial charge in [-0.2, -0.15) is 5.10 Å². The molecule has 0 saturated carbocycles. The van der Waals surface area contributed by atoms with E-state index in [1.165, 1.54) is 5.56 Å². The number of nitrogens with zero attached hydrogens (tertiary/aromatic N) is 2. The van der Waals surface area contributed by atoms with Gasteiger partial charge in [0.25, 0.3) is 5.91 Å². The fraction of sp³-hybridized carbons (Fsp3) is 0.241. The van der Waals surface area contributed by atoms with Gasteiger partial charge in [-0.15, -0.1) is 0 Å². The Labute approximate surface area is 207 Å². The van der Waals surface area contributed by atoms with E-state index in [9.17, 15) is 4.79 Å². The van der Waals surface area contributed by atoms with Crippen LogP contribution in [0.15, 0.2) is 84.9 Å². The summed E-state index contributed by atoms with van der Waals surface area (Å²) in [6.45, 7) is 5.42. The zero-order valence-corrected chi connectivity index (χ0v) is 20.4. The molecule has 0 radical (unpaired) electrons. The average Bonchev–Trinajstić information content (AvgIpc) is 3.29. The van der Waals surface area contributed by atoms with Crippen LogP contribution < -0.4 is 16.4 Å². The van der Waals surface area contributed by atoms with E-state index in [-0.39, 0.29) is 11.9 Å². The lowest BCUT2D eigenvalue weighted by Gasteiger charge is -2.21. The molecule has 4 N–H and O–H groups in total. The maximum Gasteiger partial charge on any atom is 0.274 e. The van der Waals surface area contributed by atoms with E-state index in [0.717, 1.165) is 47.6 Å². The lowest BCUT2D eigenvalue weighted by molar-refractivity contribution is 0.101. The number of hydrogen-bond acceptors (Lipinski definition) is 4. The van der Waals surface area contributed by atoms with Crippen molar-refractivity contribution in [2.24, 2.45) is 5.73 Å². The first kappa shape index (κ1) is 24.4. The first-order valence-corrected chi connectivity index (χ1v) is 12.1. The fourth-order valence-electron chi connectivity index (χ4n) is 4.16. The highest BCUT2D eigenvalue weighted by Crippen LogP contribution is 2.25. The largest absolute Gasteiger partial charge is 0.326 e. The molecule has 0 aliphatic carbocycles. The lowest BCUT2D eigenvalue weighted by Crippen LogP contribution is -2.24. The maximum absolute atomic E-state index is 13.3. The molecular formula is C29H33N5O. The number of nitrogens with one attached hydrogen (secondary N) is 2. The number of carbonyl (C=O) groups excluding carboxylic acids is 1. The Bertz CT molecular complexity index is 1270. The molecule has 0 aliphatic rings. The summed E-state index contributed by atoms with van der Waals surface area (Å²) >= 11 is 0. The smallest absolute Gasteiger partial charge is 0.274 e. The Morgan fingerprint density at radius 3 is 2.51 bits per heavy atom. The van der Waals surface area contributed by atoms with Crippen molar-refractivity contribution in [3.8, 4) is 5.69 Å². The lowest BCUT2D eigenvalue weighted by atomic mass is 9.98. The Hall–Kier alpha value is -3.74. The van der Waals surface area contributed by atoms with Crippen molar-refractivity contribution in [3.05, 3.63) is 113 Å². The number of unbranched alkanes of at least 4 members (excludes halogenated alkanes) is 1. The van der Waals surface area contributed by atoms with E-state index >= 15 is 0 Å². The second-order valence-corrected chi connectivity index (χ2v) is 8.69. The van der Waals surface area contributed by atoms with Crippen molar-refractivity contribution in [1.82, 2.24) is 15.1 Å². The zero-order valence-electron chi connectivity index (χ0n) is 20.4. The summed E-state index contributed by atoms with van der Waals surface area (Å²) in [6.07, 6.45) is 2.24. The number of anilines is 1. The van der Waals surface area contributed by atoms with Crippen LogP contribution in [0.5, 0.6) is 0 Å². The highest BCUT2D eigenvalue weighted by molar-refractivity contribution is 6.03. The van der Waals surface area contributed by atoms with E-state index < -0.39 is 0 Å². The minimum Gasteiger partial charge on any atom is -0.326 e. The van der Waals surface area contributed by atoms with Gasteiger partial charge in [0.15, 0.2) is 0 Å². The fourth-order valence-corrected chi connectivity index (χ4v) is 4.16. The van der Waals surface area contributed by atoms with E-state index in [4.69, 9.17) is 5.73 Å². The highest BCUT2D eigenvalue weighted by Gasteiger charge is 2.18. The first-order valence-electron chi connectivity index (χ1n) is 12.1. The average molecular weight is 468 g/mol. The van der Waals surface area contributed by atoms with Gasteiger partial charge in [0.2, 0.25) is 0 Å². The molecule has 1 aromatic heterocycles. The van der Waals surface area contributed by atoms with Crippen molar-refractivity contribution in [3.63, 3.8) is 0 Å². The molecule has 0 bridgehead atoms. The Balaban J connectivity index is 1.59. The number of aryl methyl sites for hydroxylation is 1. The SMILES string of the molecule is CCCCNC(c1ccccc1)c1cccc(NC(=O)c2cc(C)nn2-c2cccc(CN)c2)c1. The zero-order chi connectivity index (χ0) is 24.6. The van der Waals surface area contributed by atoms with Gasteiger partial charge < -0.3 is 16.4 Å². The van der Waals surface area contributed by atoms with E-state index in [0.29, 0.717) is 12.2 Å². The molecule has 1 atom stereocenters. The van der Waals surface area contributed by atoms with Gasteiger partial charge in [-0.25, -0.2) is 4.68 Å². The van der Waals surface area contributed by atoms with Crippen LogP contribution >= 0.6 is 0 Å². The third-order valence-corrected chi connectivity index (χ3v) is 5.94. The number of aromatic nitrogens is 2. The molecule has 1 unspecified atom stereocenters. The van der Waals surface area contributed by atoms with Crippen molar-refractivity contribution >= 4 is 11.6 Å². The van der Waals surface area contributed by atoms with Gasteiger partial charge in [-0.3, -0.25) is 4.79 Å². The summed E-state index contributed by atoms with van der Waals surface area (Å²) in [6, 6.07) is 28.0. The topological polar surface area (TPSA) is 85.0 Å². The highest BCUT2D eigenvalue weighted by atomic mass is 16.2. The molecule has 0 saturated heterocycles. The Morgan fingerprint density at radius 1 is 0.971 bits per heavy atom. The number of nitrogens with two attached hydrogens (primary N) is 1. The second-order valence-electron chi connectivity index (χ2n) is 8.69. The van der Waals surface area contributed by atoms with Crippen LogP contribution in [-0.2, 0) is 6.54 Å². The predicted octanol–water partition coefficient (Wildman–Crippen LogP) is 5.37. The van der Waals surface area contributed by atoms with Crippen LogP contribution in [-0.4, -0.2) is 22.2 Å². The van der Waals surface area contributed by atoms with Crippen molar-refractivity contribution in [2.45, 2.75) is 39.3 Å². The van der Waals surface area contributed by atoms with Gasteiger partial charge >= 0.3 is 0 Å². The summed E-state index contributed by atoms with van der Waals surface area (Å²) in [4.78, 5) is 13.3. The van der Waals surface area contributed by atoms with Crippen LogP contribution in [0.4, 0.5) is 5.69 Å². The van der Waals surface area contributed by atoms with E-state index in [2.05, 4.69) is 53.0 Å². The molecule has 4 aromatic rings. The maximum atomic E-state index is 13.3. The summed E-state index contributed by atoms with van der Waals surface area (Å²) in [7, 11) is 0. The van der Waals surface area contributed by atoms with Crippen molar-refractivity contribution in [1.29, 1.82) is 0 Å². The van der Waals surface area contributed by atoms with Gasteiger partial charge in [0, 0.05) is 12.2 Å². The van der Waals surface area contributed by atoms with Gasteiger partial charge in [0.1, 0.15) is 5.69 Å². The van der Waals surface area contributed by atoms with Crippen LogP contribution in [0.2, 0.25) is 0 Å². The number of carbonyl (C=O) groups is 1. The molecule has 6 nitrogen and oxygen atoms in total. The molecule has 0 aliphatic heterocycles. The molecule has 0 fully saturated rings. The Kier molecular flexibility index (Phi) is 8.08. The molecule has 1 amide bonds. The third kappa shape index (κ3) is 6.04. The van der Waals surface area contributed by atoms with Gasteiger partial charge in [0.05, 0.1) is 17.4 Å². The first-order chi connectivity index (χ1) is 17.1. The molecule has 6 heteroatoms. The monoisotopic (exact) mass is 467 g/mol. The number of amides is 1. The summed E-state index contributed by atoms with van der Waals surface area (Å²) < 4.78 is 1.67. The van der Waals surface area contributed by atoms with Gasteiger partial charge in [-0.1, -0.05) is 67.9 Å². The number of rotatable bonds is 10. The molecular weight excluding hydrogens is 434 g/mol. The normalized spacial score (nSPS) is 11.9. The number of hydrogen-bond donors (Lipinski definition) is 3. The van der Waals surface area contributed by atoms with Crippen LogP contribution in [0, 0.1) is 6.92 Å². The second kappa shape index (κ2) is 11.6. The van der Waals surface area contributed by atoms with Crippen LogP contribution in [0.1, 0.15) is 58.7 Å². The summed E-state index contributed by atoms with van der Waals surface area (Å²) in [5.74, 6) is -0.212. The molecule has 180 valence electrons.